The monoisotopic (exact) mass is 360 g/mol. The Balaban J connectivity index is 1.36. The van der Waals surface area contributed by atoms with Crippen LogP contribution in [0.25, 0.3) is 0 Å². The van der Waals surface area contributed by atoms with Crippen molar-refractivity contribution < 1.29 is 5.11 Å². The zero-order valence-electron chi connectivity index (χ0n) is 15.3. The van der Waals surface area contributed by atoms with Gasteiger partial charge in [-0.3, -0.25) is 4.90 Å². The summed E-state index contributed by atoms with van der Waals surface area (Å²) in [5.41, 5.74) is 2.38. The van der Waals surface area contributed by atoms with Crippen molar-refractivity contribution in [2.24, 2.45) is 0 Å². The number of aromatic nitrogens is 2. The summed E-state index contributed by atoms with van der Waals surface area (Å²) < 4.78 is 0. The van der Waals surface area contributed by atoms with Gasteiger partial charge in [0.05, 0.1) is 0 Å². The van der Waals surface area contributed by atoms with Gasteiger partial charge in [-0.15, -0.1) is 0 Å². The van der Waals surface area contributed by atoms with Crippen molar-refractivity contribution in [2.75, 3.05) is 31.1 Å². The van der Waals surface area contributed by atoms with Crippen LogP contribution in [-0.4, -0.2) is 46.2 Å². The molecule has 2 heterocycles. The number of phenolic OH excluding ortho intramolecular Hbond substituents is 1. The second-order valence-electron chi connectivity index (χ2n) is 6.93. The maximum absolute atomic E-state index is 9.62. The smallest absolute Gasteiger partial charge is 0.135 e. The Labute approximate surface area is 159 Å². The van der Waals surface area contributed by atoms with Crippen LogP contribution in [-0.2, 0) is 13.0 Å². The van der Waals surface area contributed by atoms with E-state index in [0.29, 0.717) is 5.75 Å². The number of piperazine rings is 1. The van der Waals surface area contributed by atoms with E-state index >= 15 is 0 Å². The number of hydrogen-bond donors (Lipinski definition) is 1. The maximum atomic E-state index is 9.62. The van der Waals surface area contributed by atoms with Crippen molar-refractivity contribution in [3.05, 3.63) is 83.8 Å². The molecule has 1 fully saturated rings. The molecule has 0 aliphatic carbocycles. The molecule has 0 radical (unpaired) electrons. The molecule has 27 heavy (non-hydrogen) atoms. The predicted molar refractivity (Wildman–Crippen MR) is 107 cm³/mol. The lowest BCUT2D eigenvalue weighted by molar-refractivity contribution is 0.249. The molecule has 0 atom stereocenters. The SMILES string of the molecule is Oc1cccc(CN2CCN(c3ccnc(Cc4ccccc4)n3)CC2)c1. The second-order valence-corrected chi connectivity index (χ2v) is 6.93. The number of hydrogen-bond acceptors (Lipinski definition) is 5. The highest BCUT2D eigenvalue weighted by molar-refractivity contribution is 5.38. The first-order chi connectivity index (χ1) is 13.3. The van der Waals surface area contributed by atoms with Crippen molar-refractivity contribution in [2.45, 2.75) is 13.0 Å². The van der Waals surface area contributed by atoms with E-state index in [1.165, 1.54) is 5.56 Å². The highest BCUT2D eigenvalue weighted by atomic mass is 16.3. The fraction of sp³-hybridized carbons (Fsp3) is 0.273. The number of anilines is 1. The molecule has 5 heteroatoms. The number of benzene rings is 2. The molecule has 0 amide bonds. The van der Waals surface area contributed by atoms with Crippen molar-refractivity contribution >= 4 is 5.82 Å². The topological polar surface area (TPSA) is 52.5 Å². The van der Waals surface area contributed by atoms with Crippen LogP contribution in [0.4, 0.5) is 5.82 Å². The van der Waals surface area contributed by atoms with Crippen LogP contribution >= 0.6 is 0 Å². The van der Waals surface area contributed by atoms with Gasteiger partial charge >= 0.3 is 0 Å². The van der Waals surface area contributed by atoms with Gasteiger partial charge in [0, 0.05) is 45.3 Å². The Hall–Kier alpha value is -2.92. The van der Waals surface area contributed by atoms with Gasteiger partial charge < -0.3 is 10.0 Å². The largest absolute Gasteiger partial charge is 0.508 e. The van der Waals surface area contributed by atoms with E-state index in [2.05, 4.69) is 33.0 Å². The normalized spacial score (nSPS) is 15.0. The van der Waals surface area contributed by atoms with Gasteiger partial charge in [0.15, 0.2) is 0 Å². The van der Waals surface area contributed by atoms with Crippen molar-refractivity contribution in [1.29, 1.82) is 0 Å². The lowest BCUT2D eigenvalue weighted by Gasteiger charge is -2.35. The number of nitrogens with zero attached hydrogens (tertiary/aromatic N) is 4. The van der Waals surface area contributed by atoms with Gasteiger partial charge in [-0.05, 0) is 29.3 Å². The van der Waals surface area contributed by atoms with E-state index < -0.39 is 0 Å². The molecule has 1 aromatic heterocycles. The molecule has 0 spiro atoms. The van der Waals surface area contributed by atoms with Gasteiger partial charge in [0.2, 0.25) is 0 Å². The second kappa shape index (κ2) is 8.18. The zero-order chi connectivity index (χ0) is 18.5. The Morgan fingerprint density at radius 1 is 0.852 bits per heavy atom. The third-order valence-electron chi connectivity index (χ3n) is 4.91. The van der Waals surface area contributed by atoms with E-state index in [-0.39, 0.29) is 0 Å². The Morgan fingerprint density at radius 2 is 1.63 bits per heavy atom. The van der Waals surface area contributed by atoms with Gasteiger partial charge in [-0.25, -0.2) is 9.97 Å². The van der Waals surface area contributed by atoms with E-state index in [9.17, 15) is 5.11 Å². The van der Waals surface area contributed by atoms with Crippen LogP contribution in [0.5, 0.6) is 5.75 Å². The van der Waals surface area contributed by atoms with Gasteiger partial charge in [0.1, 0.15) is 17.4 Å². The summed E-state index contributed by atoms with van der Waals surface area (Å²) in [6, 6.07) is 19.8. The van der Waals surface area contributed by atoms with Crippen LogP contribution in [0.3, 0.4) is 0 Å². The van der Waals surface area contributed by atoms with Crippen LogP contribution in [0, 0.1) is 0 Å². The Kier molecular flexibility index (Phi) is 5.30. The van der Waals surface area contributed by atoms with E-state index in [0.717, 1.165) is 56.4 Å². The predicted octanol–water partition coefficient (Wildman–Crippen LogP) is 3.10. The lowest BCUT2D eigenvalue weighted by atomic mass is 10.1. The number of phenols is 1. The lowest BCUT2D eigenvalue weighted by Crippen LogP contribution is -2.46. The third kappa shape index (κ3) is 4.63. The van der Waals surface area contributed by atoms with E-state index in [1.54, 1.807) is 6.07 Å². The van der Waals surface area contributed by atoms with Crippen LogP contribution < -0.4 is 4.90 Å². The summed E-state index contributed by atoms with van der Waals surface area (Å²) in [6.45, 7) is 4.72. The molecular weight excluding hydrogens is 336 g/mol. The molecule has 2 aromatic carbocycles. The summed E-state index contributed by atoms with van der Waals surface area (Å²) >= 11 is 0. The summed E-state index contributed by atoms with van der Waals surface area (Å²) in [6.07, 6.45) is 2.62. The molecule has 1 N–H and O–H groups in total. The van der Waals surface area contributed by atoms with Crippen molar-refractivity contribution in [3.63, 3.8) is 0 Å². The Bertz CT molecular complexity index is 876. The minimum atomic E-state index is 0.332. The molecule has 3 aromatic rings. The first kappa shape index (κ1) is 17.5. The molecule has 1 aliphatic rings. The van der Waals surface area contributed by atoms with Crippen molar-refractivity contribution in [1.82, 2.24) is 14.9 Å². The summed E-state index contributed by atoms with van der Waals surface area (Å²) in [5, 5.41) is 9.62. The minimum absolute atomic E-state index is 0.332. The molecule has 1 aliphatic heterocycles. The van der Waals surface area contributed by atoms with E-state index in [4.69, 9.17) is 4.98 Å². The van der Waals surface area contributed by atoms with Crippen molar-refractivity contribution in [3.8, 4) is 5.75 Å². The highest BCUT2D eigenvalue weighted by Crippen LogP contribution is 2.17. The quantitative estimate of drug-likeness (QED) is 0.758. The first-order valence-electron chi connectivity index (χ1n) is 9.37. The molecule has 5 nitrogen and oxygen atoms in total. The molecule has 1 saturated heterocycles. The van der Waals surface area contributed by atoms with Gasteiger partial charge in [-0.2, -0.15) is 0 Å². The van der Waals surface area contributed by atoms with E-state index in [1.807, 2.05) is 42.6 Å². The highest BCUT2D eigenvalue weighted by Gasteiger charge is 2.18. The van der Waals surface area contributed by atoms with Crippen LogP contribution in [0.15, 0.2) is 66.9 Å². The van der Waals surface area contributed by atoms with Crippen LogP contribution in [0.2, 0.25) is 0 Å². The summed E-state index contributed by atoms with van der Waals surface area (Å²) in [4.78, 5) is 14.0. The summed E-state index contributed by atoms with van der Waals surface area (Å²) in [5.74, 6) is 2.20. The maximum Gasteiger partial charge on any atom is 0.135 e. The molecule has 4 rings (SSSR count). The van der Waals surface area contributed by atoms with Gasteiger partial charge in [0.25, 0.3) is 0 Å². The van der Waals surface area contributed by atoms with Gasteiger partial charge in [-0.1, -0.05) is 42.5 Å². The minimum Gasteiger partial charge on any atom is -0.508 e. The van der Waals surface area contributed by atoms with Crippen LogP contribution in [0.1, 0.15) is 17.0 Å². The summed E-state index contributed by atoms with van der Waals surface area (Å²) in [7, 11) is 0. The standard InChI is InChI=1S/C22H24N4O/c27-20-8-4-7-19(15-20)17-25-11-13-26(14-12-25)22-9-10-23-21(24-22)16-18-5-2-1-3-6-18/h1-10,15,27H,11-14,16-17H2. The molecule has 138 valence electrons. The molecule has 0 bridgehead atoms. The fourth-order valence-corrected chi connectivity index (χ4v) is 3.48. The Morgan fingerprint density at radius 3 is 2.41 bits per heavy atom. The third-order valence-corrected chi connectivity index (χ3v) is 4.91. The molecule has 0 unspecified atom stereocenters. The number of rotatable bonds is 5. The first-order valence-corrected chi connectivity index (χ1v) is 9.37. The average Bonchev–Trinajstić information content (AvgIpc) is 2.70. The average molecular weight is 360 g/mol. The molecule has 0 saturated carbocycles. The zero-order valence-corrected chi connectivity index (χ0v) is 15.3. The fourth-order valence-electron chi connectivity index (χ4n) is 3.48. The molecular formula is C22H24N4O. The number of aromatic hydroxyl groups is 1.